The number of benzene rings is 2. The summed E-state index contributed by atoms with van der Waals surface area (Å²) in [7, 11) is 0. The molecule has 0 amide bonds. The summed E-state index contributed by atoms with van der Waals surface area (Å²) in [6, 6.07) is 11.5. The first-order valence-corrected chi connectivity index (χ1v) is 7.97. The van der Waals surface area contributed by atoms with Gasteiger partial charge in [-0.15, -0.1) is 24.8 Å². The normalized spacial score (nSPS) is 12.3. The van der Waals surface area contributed by atoms with Crippen LogP contribution in [0.4, 0.5) is 5.69 Å². The molecule has 0 spiro atoms. The van der Waals surface area contributed by atoms with E-state index in [1.165, 1.54) is 0 Å². The van der Waals surface area contributed by atoms with E-state index in [-0.39, 0.29) is 24.8 Å². The second-order valence-corrected chi connectivity index (χ2v) is 6.21. The number of anilines is 1. The molecule has 0 radical (unpaired) electrons. The average Bonchev–Trinajstić information content (AvgIpc) is 2.51. The minimum Gasteiger partial charge on any atom is -0.456 e. The van der Waals surface area contributed by atoms with E-state index in [1.54, 1.807) is 6.07 Å². The highest BCUT2D eigenvalue weighted by molar-refractivity contribution is 6.35. The van der Waals surface area contributed by atoms with Crippen LogP contribution in [-0.4, -0.2) is 0 Å². The van der Waals surface area contributed by atoms with Crippen LogP contribution < -0.4 is 21.1 Å². The fourth-order valence-electron chi connectivity index (χ4n) is 2.33. The Morgan fingerprint density at radius 1 is 1.08 bits per heavy atom. The molecule has 0 saturated carbocycles. The molecule has 25 heavy (non-hydrogen) atoms. The summed E-state index contributed by atoms with van der Waals surface area (Å²) in [5.74, 6) is 2.00. The summed E-state index contributed by atoms with van der Waals surface area (Å²) >= 11 is 12.1. The highest BCUT2D eigenvalue weighted by Gasteiger charge is 2.14. The van der Waals surface area contributed by atoms with E-state index in [0.717, 1.165) is 22.6 Å². The molecule has 0 fully saturated rings. The van der Waals surface area contributed by atoms with Gasteiger partial charge in [0.25, 0.3) is 0 Å². The molecule has 0 atom stereocenters. The highest BCUT2D eigenvalue weighted by atomic mass is 35.5. The van der Waals surface area contributed by atoms with Crippen LogP contribution in [0.25, 0.3) is 0 Å². The summed E-state index contributed by atoms with van der Waals surface area (Å²) in [5.41, 5.74) is 8.86. The number of rotatable bonds is 4. The zero-order valence-electron chi connectivity index (χ0n) is 13.4. The van der Waals surface area contributed by atoms with E-state index in [0.29, 0.717) is 34.7 Å². The van der Waals surface area contributed by atoms with Gasteiger partial charge in [-0.1, -0.05) is 35.3 Å². The Morgan fingerprint density at radius 2 is 1.84 bits per heavy atom. The molecule has 2 aromatic rings. The quantitative estimate of drug-likeness (QED) is 0.642. The van der Waals surface area contributed by atoms with Gasteiger partial charge >= 0.3 is 0 Å². The number of hydrogen-bond donors (Lipinski definition) is 3. The third-order valence-corrected chi connectivity index (χ3v) is 4.20. The van der Waals surface area contributed by atoms with E-state index in [4.69, 9.17) is 33.7 Å². The van der Waals surface area contributed by atoms with Gasteiger partial charge in [0, 0.05) is 23.1 Å². The standard InChI is InChI=1S/C17H17Cl2N3O.2ClH/c1-10-17(20)22-15-6-11(2-5-16(15)23-10)8-21-9-12-3-4-13(18)7-14(12)19;;/h2-7,21-22H,8-9,20H2,1H3;2*1H. The van der Waals surface area contributed by atoms with Crippen molar-refractivity contribution in [2.45, 2.75) is 20.0 Å². The van der Waals surface area contributed by atoms with Crippen molar-refractivity contribution in [2.24, 2.45) is 5.73 Å². The lowest BCUT2D eigenvalue weighted by atomic mass is 10.1. The Hall–Kier alpha value is -1.30. The lowest BCUT2D eigenvalue weighted by Gasteiger charge is -2.21. The lowest BCUT2D eigenvalue weighted by Crippen LogP contribution is -2.19. The van der Waals surface area contributed by atoms with Crippen LogP contribution in [0.1, 0.15) is 18.1 Å². The smallest absolute Gasteiger partial charge is 0.150 e. The number of halogens is 4. The monoisotopic (exact) mass is 421 g/mol. The van der Waals surface area contributed by atoms with Crippen LogP contribution >= 0.6 is 48.0 Å². The second-order valence-electron chi connectivity index (χ2n) is 5.37. The number of allylic oxidation sites excluding steroid dienone is 1. The Kier molecular flexibility index (Phi) is 8.19. The van der Waals surface area contributed by atoms with E-state index in [2.05, 4.69) is 10.6 Å². The molecule has 1 aliphatic heterocycles. The van der Waals surface area contributed by atoms with Crippen LogP contribution in [0.15, 0.2) is 48.0 Å². The van der Waals surface area contributed by atoms with Gasteiger partial charge in [0.15, 0.2) is 5.75 Å². The Labute approximate surface area is 169 Å². The van der Waals surface area contributed by atoms with Crippen LogP contribution in [0.3, 0.4) is 0 Å². The van der Waals surface area contributed by atoms with Gasteiger partial charge in [-0.3, -0.25) is 0 Å². The molecule has 8 heteroatoms. The molecule has 0 aliphatic carbocycles. The zero-order chi connectivity index (χ0) is 16.4. The van der Waals surface area contributed by atoms with Crippen molar-refractivity contribution in [1.29, 1.82) is 0 Å². The fourth-order valence-corrected chi connectivity index (χ4v) is 2.81. The minimum absolute atomic E-state index is 0. The molecule has 1 heterocycles. The third kappa shape index (κ3) is 5.33. The topological polar surface area (TPSA) is 59.3 Å². The number of nitrogens with one attached hydrogen (secondary N) is 2. The van der Waals surface area contributed by atoms with Gasteiger partial charge in [-0.2, -0.15) is 0 Å². The molecule has 0 saturated heterocycles. The summed E-state index contributed by atoms with van der Waals surface area (Å²) in [5, 5.41) is 7.81. The van der Waals surface area contributed by atoms with Crippen molar-refractivity contribution in [1.82, 2.24) is 5.32 Å². The molecular formula is C17H19Cl4N3O. The van der Waals surface area contributed by atoms with E-state index < -0.39 is 0 Å². The molecule has 1 aliphatic rings. The Bertz CT molecular complexity index is 780. The van der Waals surface area contributed by atoms with Crippen molar-refractivity contribution >= 4 is 53.7 Å². The molecule has 0 unspecified atom stereocenters. The van der Waals surface area contributed by atoms with E-state index >= 15 is 0 Å². The van der Waals surface area contributed by atoms with Crippen molar-refractivity contribution in [2.75, 3.05) is 5.32 Å². The molecular weight excluding hydrogens is 404 g/mol. The van der Waals surface area contributed by atoms with Gasteiger partial charge in [0.1, 0.15) is 11.6 Å². The van der Waals surface area contributed by atoms with Crippen molar-refractivity contribution in [3.05, 3.63) is 69.2 Å². The van der Waals surface area contributed by atoms with Crippen LogP contribution in [0, 0.1) is 0 Å². The van der Waals surface area contributed by atoms with E-state index in [1.807, 2.05) is 37.3 Å². The summed E-state index contributed by atoms with van der Waals surface area (Å²) in [4.78, 5) is 0. The third-order valence-electron chi connectivity index (χ3n) is 3.62. The first-order chi connectivity index (χ1) is 11.0. The number of fused-ring (bicyclic) bond motifs is 1. The van der Waals surface area contributed by atoms with Gasteiger partial charge in [0.05, 0.1) is 5.69 Å². The molecule has 136 valence electrons. The van der Waals surface area contributed by atoms with Crippen LogP contribution in [0.2, 0.25) is 10.0 Å². The SMILES string of the molecule is CC1=C(N)Nc2cc(CNCc3ccc(Cl)cc3Cl)ccc2O1.Cl.Cl. The predicted octanol–water partition coefficient (Wildman–Crippen LogP) is 5.08. The Morgan fingerprint density at radius 3 is 2.56 bits per heavy atom. The maximum absolute atomic E-state index is 6.17. The summed E-state index contributed by atoms with van der Waals surface area (Å²) < 4.78 is 5.64. The number of nitrogens with two attached hydrogens (primary N) is 1. The molecule has 2 aromatic carbocycles. The van der Waals surface area contributed by atoms with Crippen LogP contribution in [-0.2, 0) is 13.1 Å². The molecule has 0 aromatic heterocycles. The lowest BCUT2D eigenvalue weighted by molar-refractivity contribution is 0.415. The van der Waals surface area contributed by atoms with Crippen molar-refractivity contribution in [3.63, 3.8) is 0 Å². The predicted molar refractivity (Wildman–Crippen MR) is 109 cm³/mol. The minimum atomic E-state index is 0. The average molecular weight is 423 g/mol. The number of hydrogen-bond acceptors (Lipinski definition) is 4. The number of ether oxygens (including phenoxy) is 1. The van der Waals surface area contributed by atoms with E-state index in [9.17, 15) is 0 Å². The maximum atomic E-state index is 6.17. The van der Waals surface area contributed by atoms with Gasteiger partial charge < -0.3 is 21.1 Å². The van der Waals surface area contributed by atoms with Gasteiger partial charge in [0.2, 0.25) is 0 Å². The van der Waals surface area contributed by atoms with Crippen molar-refractivity contribution in [3.8, 4) is 5.75 Å². The Balaban J connectivity index is 0.00000156. The molecule has 4 N–H and O–H groups in total. The highest BCUT2D eigenvalue weighted by Crippen LogP contribution is 2.32. The molecule has 4 nitrogen and oxygen atoms in total. The van der Waals surface area contributed by atoms with Crippen molar-refractivity contribution < 1.29 is 4.74 Å². The zero-order valence-corrected chi connectivity index (χ0v) is 16.6. The van der Waals surface area contributed by atoms with Gasteiger partial charge in [-0.05, 0) is 42.3 Å². The fraction of sp³-hybridized carbons (Fsp3) is 0.176. The summed E-state index contributed by atoms with van der Waals surface area (Å²) in [6.07, 6.45) is 0. The molecule has 3 rings (SSSR count). The molecule has 0 bridgehead atoms. The maximum Gasteiger partial charge on any atom is 0.150 e. The first-order valence-electron chi connectivity index (χ1n) is 7.22. The largest absolute Gasteiger partial charge is 0.456 e. The summed E-state index contributed by atoms with van der Waals surface area (Å²) in [6.45, 7) is 3.20. The van der Waals surface area contributed by atoms with Crippen LogP contribution in [0.5, 0.6) is 5.75 Å². The van der Waals surface area contributed by atoms with Gasteiger partial charge in [-0.25, -0.2) is 0 Å². The first kappa shape index (κ1) is 21.7. The second kappa shape index (κ2) is 9.41.